The molecular formula is C30H38Cl4N4O3S. The molecule has 0 saturated carbocycles. The van der Waals surface area contributed by atoms with Gasteiger partial charge in [0.25, 0.3) is 10.1 Å². The molecule has 1 atom stereocenters. The first-order valence-electron chi connectivity index (χ1n) is 14.4. The first-order chi connectivity index (χ1) is 20.0. The molecule has 0 radical (unpaired) electrons. The van der Waals surface area contributed by atoms with Gasteiger partial charge >= 0.3 is 0 Å². The van der Waals surface area contributed by atoms with Crippen molar-refractivity contribution in [3.05, 3.63) is 68.4 Å². The maximum absolute atomic E-state index is 11.3. The van der Waals surface area contributed by atoms with Gasteiger partial charge in [0.2, 0.25) is 0 Å². The van der Waals surface area contributed by atoms with Crippen molar-refractivity contribution in [1.82, 2.24) is 0 Å². The van der Waals surface area contributed by atoms with Crippen LogP contribution < -0.4 is 19.6 Å². The third-order valence-electron chi connectivity index (χ3n) is 7.65. The molecule has 0 amide bonds. The summed E-state index contributed by atoms with van der Waals surface area (Å²) in [5.74, 6) is 0.666. The van der Waals surface area contributed by atoms with Crippen LogP contribution in [0.25, 0.3) is 0 Å². The van der Waals surface area contributed by atoms with E-state index in [9.17, 15) is 13.0 Å². The van der Waals surface area contributed by atoms with Gasteiger partial charge in [-0.05, 0) is 69.5 Å². The van der Waals surface area contributed by atoms with E-state index in [0.717, 1.165) is 60.9 Å². The van der Waals surface area contributed by atoms with Crippen molar-refractivity contribution in [2.75, 3.05) is 51.5 Å². The Morgan fingerprint density at radius 2 is 1.29 bits per heavy atom. The number of halogens is 4. The Hall–Kier alpha value is -1.81. The fraction of sp³-hybridized carbons (Fsp3) is 0.467. The summed E-state index contributed by atoms with van der Waals surface area (Å²) in [6.07, 6.45) is 10.6. The number of unbranched alkanes of at least 4 members (excludes halogenated alkanes) is 3. The van der Waals surface area contributed by atoms with E-state index < -0.39 is 10.1 Å². The minimum absolute atomic E-state index is 0.0146. The van der Waals surface area contributed by atoms with Gasteiger partial charge in [-0.3, -0.25) is 4.55 Å². The van der Waals surface area contributed by atoms with Crippen LogP contribution in [0.1, 0.15) is 52.9 Å². The molecule has 230 valence electrons. The molecule has 4 rings (SSSR count). The Morgan fingerprint density at radius 3 is 1.83 bits per heavy atom. The van der Waals surface area contributed by atoms with Crippen LogP contribution in [0.3, 0.4) is 0 Å². The number of rotatable bonds is 13. The Labute approximate surface area is 270 Å². The Kier molecular flexibility index (Phi) is 11.3. The lowest BCUT2D eigenvalue weighted by molar-refractivity contribution is 0.480. The lowest BCUT2D eigenvalue weighted by Gasteiger charge is -2.30. The molecule has 0 aromatic heterocycles. The molecule has 0 saturated heterocycles. The molecular weight excluding hydrogens is 638 g/mol. The minimum atomic E-state index is -4.01. The normalized spacial score (nSPS) is 17.7. The van der Waals surface area contributed by atoms with Gasteiger partial charge in [-0.2, -0.15) is 8.42 Å². The standard InChI is InChI=1S/C30H38Cl4N4O3S/c1-4-7-8-14-37-27-19-23(33)21(31)17-25(27)35(5-2)29(37)12-11-13-30-36(6-3)26-18-22(32)24(34)20-28(26)38(30)15-9-10-16-42(39,40)41/h11-13,17-20,29H,4-10,14-16H2,1-3H3,(H,39,40,41)/b12-11+,30-13+. The van der Waals surface area contributed by atoms with E-state index >= 15 is 0 Å². The lowest BCUT2D eigenvalue weighted by atomic mass is 10.2. The highest BCUT2D eigenvalue weighted by atomic mass is 35.5. The van der Waals surface area contributed by atoms with Crippen LogP contribution in [-0.4, -0.2) is 51.1 Å². The Bertz CT molecular complexity index is 1450. The molecule has 0 spiro atoms. The molecule has 0 bridgehead atoms. The molecule has 2 aliphatic rings. The predicted molar refractivity (Wildman–Crippen MR) is 180 cm³/mol. The fourth-order valence-corrected chi connectivity index (χ4v) is 6.88. The number of anilines is 4. The van der Waals surface area contributed by atoms with Gasteiger partial charge in [0.1, 0.15) is 12.0 Å². The summed E-state index contributed by atoms with van der Waals surface area (Å²) in [7, 11) is -4.01. The highest BCUT2D eigenvalue weighted by Crippen LogP contribution is 2.47. The average molecular weight is 677 g/mol. The molecule has 2 aliphatic heterocycles. The summed E-state index contributed by atoms with van der Waals surface area (Å²) in [5.41, 5.74) is 4.00. The van der Waals surface area contributed by atoms with Gasteiger partial charge in [-0.15, -0.1) is 0 Å². The molecule has 12 heteroatoms. The molecule has 1 unspecified atom stereocenters. The number of allylic oxidation sites excluding steroid dienone is 2. The Balaban J connectivity index is 1.68. The van der Waals surface area contributed by atoms with Crippen molar-refractivity contribution in [3.63, 3.8) is 0 Å². The zero-order valence-corrected chi connectivity index (χ0v) is 28.0. The van der Waals surface area contributed by atoms with Crippen LogP contribution in [-0.2, 0) is 10.1 Å². The molecule has 42 heavy (non-hydrogen) atoms. The Morgan fingerprint density at radius 1 is 0.738 bits per heavy atom. The zero-order chi connectivity index (χ0) is 30.6. The molecule has 0 aliphatic carbocycles. The largest absolute Gasteiger partial charge is 0.346 e. The van der Waals surface area contributed by atoms with Gasteiger partial charge in [0, 0.05) is 26.2 Å². The number of benzene rings is 2. The third-order valence-corrected chi connectivity index (χ3v) is 9.90. The minimum Gasteiger partial charge on any atom is -0.346 e. The van der Waals surface area contributed by atoms with E-state index in [4.69, 9.17) is 46.4 Å². The lowest BCUT2D eigenvalue weighted by Crippen LogP contribution is -2.42. The summed E-state index contributed by atoms with van der Waals surface area (Å²) in [6, 6.07) is 7.64. The highest BCUT2D eigenvalue weighted by Gasteiger charge is 2.34. The summed E-state index contributed by atoms with van der Waals surface area (Å²) < 4.78 is 31.7. The number of hydrogen-bond acceptors (Lipinski definition) is 6. The van der Waals surface area contributed by atoms with Crippen molar-refractivity contribution in [2.24, 2.45) is 0 Å². The summed E-state index contributed by atoms with van der Waals surface area (Å²) in [6.45, 7) is 9.34. The van der Waals surface area contributed by atoms with E-state index in [-0.39, 0.29) is 11.9 Å². The molecule has 2 aromatic rings. The van der Waals surface area contributed by atoms with Crippen LogP contribution in [0.5, 0.6) is 0 Å². The smallest absolute Gasteiger partial charge is 0.264 e. The molecule has 0 fully saturated rings. The van der Waals surface area contributed by atoms with Crippen molar-refractivity contribution >= 4 is 79.3 Å². The van der Waals surface area contributed by atoms with E-state index in [1.807, 2.05) is 24.3 Å². The van der Waals surface area contributed by atoms with E-state index in [0.29, 0.717) is 46.0 Å². The molecule has 2 aromatic carbocycles. The second-order valence-corrected chi connectivity index (χ2v) is 13.6. The highest BCUT2D eigenvalue weighted by molar-refractivity contribution is 7.85. The van der Waals surface area contributed by atoms with Gasteiger partial charge < -0.3 is 19.6 Å². The number of nitrogens with zero attached hydrogens (tertiary/aromatic N) is 4. The molecule has 1 N–H and O–H groups in total. The van der Waals surface area contributed by atoms with Crippen LogP contribution in [0.4, 0.5) is 22.7 Å². The first-order valence-corrected chi connectivity index (χ1v) is 17.5. The van der Waals surface area contributed by atoms with Gasteiger partial charge in [-0.25, -0.2) is 0 Å². The van der Waals surface area contributed by atoms with Crippen molar-refractivity contribution in [2.45, 2.75) is 59.0 Å². The van der Waals surface area contributed by atoms with Crippen molar-refractivity contribution in [1.29, 1.82) is 0 Å². The third kappa shape index (κ3) is 7.28. The second kappa shape index (κ2) is 14.3. The summed E-state index contributed by atoms with van der Waals surface area (Å²) in [5, 5.41) is 2.01. The van der Waals surface area contributed by atoms with Crippen LogP contribution in [0.15, 0.2) is 48.3 Å². The van der Waals surface area contributed by atoms with E-state index in [1.165, 1.54) is 0 Å². The molecule has 7 nitrogen and oxygen atoms in total. The predicted octanol–water partition coefficient (Wildman–Crippen LogP) is 8.87. The summed E-state index contributed by atoms with van der Waals surface area (Å²) >= 11 is 25.7. The summed E-state index contributed by atoms with van der Waals surface area (Å²) in [4.78, 5) is 9.02. The molecule has 2 heterocycles. The van der Waals surface area contributed by atoms with Crippen LogP contribution >= 0.6 is 46.4 Å². The van der Waals surface area contributed by atoms with Crippen molar-refractivity contribution in [3.8, 4) is 0 Å². The number of fused-ring (bicyclic) bond motifs is 2. The zero-order valence-electron chi connectivity index (χ0n) is 24.2. The first kappa shape index (κ1) is 33.1. The van der Waals surface area contributed by atoms with Gasteiger partial charge in [-0.1, -0.05) is 72.2 Å². The van der Waals surface area contributed by atoms with Gasteiger partial charge in [0.05, 0.1) is 48.6 Å². The number of likely N-dealkylation sites (N-methyl/N-ethyl adjacent to an activating group) is 1. The van der Waals surface area contributed by atoms with Crippen molar-refractivity contribution < 1.29 is 13.0 Å². The average Bonchev–Trinajstić information content (AvgIpc) is 3.37. The fourth-order valence-electron chi connectivity index (χ4n) is 5.68. The second-order valence-electron chi connectivity index (χ2n) is 10.4. The monoisotopic (exact) mass is 674 g/mol. The topological polar surface area (TPSA) is 67.3 Å². The quantitative estimate of drug-likeness (QED) is 0.168. The number of hydrogen-bond donors (Lipinski definition) is 1. The van der Waals surface area contributed by atoms with Crippen LogP contribution in [0.2, 0.25) is 20.1 Å². The van der Waals surface area contributed by atoms with Gasteiger partial charge in [0.15, 0.2) is 0 Å². The maximum Gasteiger partial charge on any atom is 0.264 e. The van der Waals surface area contributed by atoms with E-state index in [2.05, 4.69) is 58.6 Å². The van der Waals surface area contributed by atoms with E-state index in [1.54, 1.807) is 0 Å². The van der Waals surface area contributed by atoms with Crippen LogP contribution in [0, 0.1) is 0 Å². The SMILES string of the molecule is CCCCCN1c2cc(Cl)c(Cl)cc2N(CC)C1/C=C/C=C1\N(CC)c2cc(Cl)c(Cl)cc2N1CCCCS(=O)(=O)O. The maximum atomic E-state index is 11.3.